The van der Waals surface area contributed by atoms with Crippen LogP contribution in [0.2, 0.25) is 5.02 Å². The van der Waals surface area contributed by atoms with Gasteiger partial charge in [-0.2, -0.15) is 0 Å². The number of fused-ring (bicyclic) bond motifs is 2. The van der Waals surface area contributed by atoms with Gasteiger partial charge in [0.15, 0.2) is 0 Å². The lowest BCUT2D eigenvalue weighted by Crippen LogP contribution is -2.47. The topological polar surface area (TPSA) is 60.4 Å². The molecule has 4 aromatic carbocycles. The van der Waals surface area contributed by atoms with Gasteiger partial charge in [0, 0.05) is 36.8 Å². The lowest BCUT2D eigenvalue weighted by molar-refractivity contribution is 0.0951. The summed E-state index contributed by atoms with van der Waals surface area (Å²) in [4.78, 5) is 23.6. The van der Waals surface area contributed by atoms with E-state index in [0.717, 1.165) is 49.0 Å². The number of likely N-dealkylation sites (N-methyl/N-ethyl adjacent to an activating group) is 1. The van der Waals surface area contributed by atoms with Crippen LogP contribution in [0.1, 0.15) is 15.9 Å². The number of benzene rings is 4. The molecule has 0 unspecified atom stereocenters. The molecule has 2 heterocycles. The number of para-hydroxylation sites is 3. The number of halogens is 1. The first kappa shape index (κ1) is 25.0. The molecular weight excluding hydrogens is 510 g/mol. The van der Waals surface area contributed by atoms with E-state index >= 15 is 0 Å². The Labute approximate surface area is 232 Å². The number of aliphatic imine (C=N–C) groups is 1. The second-order valence-corrected chi connectivity index (χ2v) is 10.00. The number of carbonyl (C=O) groups excluding carboxylic acids is 1. The molecule has 196 valence electrons. The predicted molar refractivity (Wildman–Crippen MR) is 156 cm³/mol. The van der Waals surface area contributed by atoms with Crippen LogP contribution >= 0.6 is 11.6 Å². The SMILES string of the molecule is CN1CCN(C2=Nc3cc(Cl)ccc3N(NC(=O)c3ccccc3Oc3ccccc3)c3ccccc32)CC1. The summed E-state index contributed by atoms with van der Waals surface area (Å²) in [6.45, 7) is 3.61. The Kier molecular flexibility index (Phi) is 6.92. The highest BCUT2D eigenvalue weighted by Crippen LogP contribution is 2.40. The molecule has 0 spiro atoms. The maximum absolute atomic E-state index is 13.8. The largest absolute Gasteiger partial charge is 0.457 e. The molecule has 0 aromatic heterocycles. The van der Waals surface area contributed by atoms with Gasteiger partial charge in [-0.1, -0.05) is 54.1 Å². The third-order valence-electron chi connectivity index (χ3n) is 6.91. The molecule has 1 fully saturated rings. The van der Waals surface area contributed by atoms with Gasteiger partial charge in [-0.25, -0.2) is 4.99 Å². The van der Waals surface area contributed by atoms with Crippen LogP contribution < -0.4 is 15.2 Å². The van der Waals surface area contributed by atoms with Crippen molar-refractivity contribution in [1.82, 2.24) is 15.2 Å². The summed E-state index contributed by atoms with van der Waals surface area (Å²) in [5.74, 6) is 1.69. The zero-order valence-electron chi connectivity index (χ0n) is 21.5. The van der Waals surface area contributed by atoms with Crippen LogP contribution in [-0.4, -0.2) is 54.8 Å². The molecule has 7 nitrogen and oxygen atoms in total. The number of amides is 1. The number of nitrogens with one attached hydrogen (secondary N) is 1. The molecule has 1 saturated heterocycles. The van der Waals surface area contributed by atoms with Crippen LogP contribution in [0.25, 0.3) is 0 Å². The van der Waals surface area contributed by atoms with Gasteiger partial charge < -0.3 is 14.5 Å². The molecule has 1 amide bonds. The van der Waals surface area contributed by atoms with E-state index in [1.54, 1.807) is 17.1 Å². The molecule has 0 radical (unpaired) electrons. The second-order valence-electron chi connectivity index (χ2n) is 9.56. The van der Waals surface area contributed by atoms with Gasteiger partial charge in [0.2, 0.25) is 0 Å². The van der Waals surface area contributed by atoms with Crippen LogP contribution in [0.5, 0.6) is 11.5 Å². The highest BCUT2D eigenvalue weighted by molar-refractivity contribution is 6.31. The van der Waals surface area contributed by atoms with Gasteiger partial charge in [-0.15, -0.1) is 0 Å². The number of rotatable bonds is 4. The van der Waals surface area contributed by atoms with Crippen molar-refractivity contribution in [2.24, 2.45) is 4.99 Å². The van der Waals surface area contributed by atoms with Crippen molar-refractivity contribution >= 4 is 40.4 Å². The molecule has 6 rings (SSSR count). The third kappa shape index (κ3) is 5.19. The van der Waals surface area contributed by atoms with Crippen molar-refractivity contribution < 1.29 is 9.53 Å². The molecule has 2 aliphatic heterocycles. The predicted octanol–water partition coefficient (Wildman–Crippen LogP) is 6.25. The van der Waals surface area contributed by atoms with Gasteiger partial charge in [0.1, 0.15) is 17.3 Å². The minimum Gasteiger partial charge on any atom is -0.457 e. The lowest BCUT2D eigenvalue weighted by Gasteiger charge is -2.35. The van der Waals surface area contributed by atoms with Gasteiger partial charge in [-0.05, 0) is 61.6 Å². The van der Waals surface area contributed by atoms with E-state index in [-0.39, 0.29) is 5.91 Å². The molecule has 0 atom stereocenters. The van der Waals surface area contributed by atoms with Crippen molar-refractivity contribution in [3.05, 3.63) is 113 Å². The first-order valence-corrected chi connectivity index (χ1v) is 13.3. The van der Waals surface area contributed by atoms with Crippen LogP contribution in [-0.2, 0) is 0 Å². The van der Waals surface area contributed by atoms with Crippen LogP contribution in [0.3, 0.4) is 0 Å². The fourth-order valence-corrected chi connectivity index (χ4v) is 5.00. The molecule has 8 heteroatoms. The van der Waals surface area contributed by atoms with E-state index in [9.17, 15) is 4.79 Å². The van der Waals surface area contributed by atoms with E-state index < -0.39 is 0 Å². The number of amidine groups is 1. The average molecular weight is 538 g/mol. The maximum atomic E-state index is 13.8. The highest BCUT2D eigenvalue weighted by atomic mass is 35.5. The summed E-state index contributed by atoms with van der Waals surface area (Å²) in [7, 11) is 2.13. The Hall–Kier alpha value is -4.33. The van der Waals surface area contributed by atoms with Gasteiger partial charge in [-0.3, -0.25) is 15.2 Å². The third-order valence-corrected chi connectivity index (χ3v) is 7.14. The van der Waals surface area contributed by atoms with Crippen molar-refractivity contribution in [2.45, 2.75) is 0 Å². The number of hydrogen-bond donors (Lipinski definition) is 1. The van der Waals surface area contributed by atoms with E-state index in [0.29, 0.717) is 27.8 Å². The fraction of sp³-hybridized carbons (Fsp3) is 0.161. The summed E-state index contributed by atoms with van der Waals surface area (Å²) in [5, 5.41) is 2.38. The van der Waals surface area contributed by atoms with Crippen molar-refractivity contribution in [3.8, 4) is 11.5 Å². The second kappa shape index (κ2) is 10.8. The van der Waals surface area contributed by atoms with Crippen LogP contribution in [0.15, 0.2) is 102 Å². The standard InChI is InChI=1S/C31H28ClN5O2/c1-35-17-19-36(20-18-35)30-24-11-5-7-13-27(24)37(28-16-15-22(32)21-26(28)33-30)34-31(38)25-12-6-8-14-29(25)39-23-9-3-2-4-10-23/h2-16,21H,17-20H2,1H3,(H,34,38). The van der Waals surface area contributed by atoms with Crippen molar-refractivity contribution in [3.63, 3.8) is 0 Å². The minimum absolute atomic E-state index is 0.305. The molecule has 0 bridgehead atoms. The van der Waals surface area contributed by atoms with Crippen molar-refractivity contribution in [2.75, 3.05) is 38.2 Å². The van der Waals surface area contributed by atoms with Crippen molar-refractivity contribution in [1.29, 1.82) is 0 Å². The number of anilines is 2. The zero-order valence-corrected chi connectivity index (χ0v) is 22.3. The van der Waals surface area contributed by atoms with E-state index in [4.69, 9.17) is 21.3 Å². The molecule has 39 heavy (non-hydrogen) atoms. The Morgan fingerprint density at radius 2 is 1.56 bits per heavy atom. The fourth-order valence-electron chi connectivity index (χ4n) is 4.84. The Morgan fingerprint density at radius 1 is 0.846 bits per heavy atom. The number of hydrogen-bond acceptors (Lipinski definition) is 6. The minimum atomic E-state index is -0.305. The number of piperazine rings is 1. The molecular formula is C31H28ClN5O2. The first-order chi connectivity index (χ1) is 19.1. The van der Waals surface area contributed by atoms with Gasteiger partial charge in [0.05, 0.1) is 22.6 Å². The van der Waals surface area contributed by atoms with Crippen LogP contribution in [0, 0.1) is 0 Å². The molecule has 2 aliphatic rings. The zero-order chi connectivity index (χ0) is 26.8. The normalized spacial score (nSPS) is 15.1. The summed E-state index contributed by atoms with van der Waals surface area (Å²) < 4.78 is 6.07. The smallest absolute Gasteiger partial charge is 0.273 e. The van der Waals surface area contributed by atoms with E-state index in [1.165, 1.54) is 0 Å². The number of hydrazine groups is 1. The molecule has 1 N–H and O–H groups in total. The molecule has 0 aliphatic carbocycles. The first-order valence-electron chi connectivity index (χ1n) is 12.9. The Morgan fingerprint density at radius 3 is 2.38 bits per heavy atom. The summed E-state index contributed by atoms with van der Waals surface area (Å²) in [6.07, 6.45) is 0. The van der Waals surface area contributed by atoms with Crippen LogP contribution in [0.4, 0.5) is 17.1 Å². The molecule has 4 aromatic rings. The van der Waals surface area contributed by atoms with E-state index in [2.05, 4.69) is 22.3 Å². The maximum Gasteiger partial charge on any atom is 0.273 e. The lowest BCUT2D eigenvalue weighted by atomic mass is 10.1. The summed E-state index contributed by atoms with van der Waals surface area (Å²) in [6, 6.07) is 30.2. The number of nitrogens with zero attached hydrogens (tertiary/aromatic N) is 4. The van der Waals surface area contributed by atoms with Gasteiger partial charge in [0.25, 0.3) is 5.91 Å². The average Bonchev–Trinajstić information content (AvgIpc) is 3.09. The number of ether oxygens (including phenoxy) is 1. The Balaban J connectivity index is 1.40. The molecule has 0 saturated carbocycles. The number of carbonyl (C=O) groups is 1. The summed E-state index contributed by atoms with van der Waals surface area (Å²) >= 11 is 6.43. The summed E-state index contributed by atoms with van der Waals surface area (Å²) in [5.41, 5.74) is 6.72. The van der Waals surface area contributed by atoms with Gasteiger partial charge >= 0.3 is 0 Å². The van der Waals surface area contributed by atoms with E-state index in [1.807, 2.05) is 84.9 Å². The Bertz CT molecular complexity index is 1530. The monoisotopic (exact) mass is 537 g/mol. The quantitative estimate of drug-likeness (QED) is 0.333. The highest BCUT2D eigenvalue weighted by Gasteiger charge is 2.29.